The maximum atomic E-state index is 12.9. The van der Waals surface area contributed by atoms with E-state index in [2.05, 4.69) is 0 Å². The molecule has 3 atom stereocenters. The Balaban J connectivity index is 1.90. The molecule has 126 valence electrons. The maximum absolute atomic E-state index is 12.9. The van der Waals surface area contributed by atoms with Crippen LogP contribution in [-0.4, -0.2) is 35.9 Å². The molecule has 1 aliphatic carbocycles. The Morgan fingerprint density at radius 1 is 1.30 bits per heavy atom. The molecule has 23 heavy (non-hydrogen) atoms. The third-order valence-electron chi connectivity index (χ3n) is 4.87. The van der Waals surface area contributed by atoms with E-state index in [-0.39, 0.29) is 17.7 Å². The first kappa shape index (κ1) is 16.7. The molecule has 1 aliphatic heterocycles. The smallest absolute Gasteiger partial charge is 0.322 e. The number of aliphatic carboxylic acids is 1. The number of rotatable bonds is 4. The number of fused-ring (bicyclic) bond motifs is 1. The van der Waals surface area contributed by atoms with Gasteiger partial charge in [-0.15, -0.1) is 0 Å². The van der Waals surface area contributed by atoms with Gasteiger partial charge in [-0.05, 0) is 42.9 Å². The van der Waals surface area contributed by atoms with Crippen molar-refractivity contribution < 1.29 is 18.3 Å². The van der Waals surface area contributed by atoms with Crippen LogP contribution >= 0.6 is 11.6 Å². The molecular weight excluding hydrogens is 338 g/mol. The summed E-state index contributed by atoms with van der Waals surface area (Å²) in [4.78, 5) is 11.6. The molecule has 1 N–H and O–H groups in total. The predicted molar refractivity (Wildman–Crippen MR) is 87.7 cm³/mol. The van der Waals surface area contributed by atoms with Crippen molar-refractivity contribution in [2.45, 2.75) is 49.9 Å². The zero-order chi connectivity index (χ0) is 16.6. The number of carbonyl (C=O) groups is 1. The monoisotopic (exact) mass is 357 g/mol. The minimum atomic E-state index is -3.70. The van der Waals surface area contributed by atoms with Crippen LogP contribution in [0.1, 0.15) is 37.7 Å². The topological polar surface area (TPSA) is 74.7 Å². The minimum absolute atomic E-state index is 0.166. The summed E-state index contributed by atoms with van der Waals surface area (Å²) in [5.74, 6) is -1.09. The molecule has 7 heteroatoms. The highest BCUT2D eigenvalue weighted by Gasteiger charge is 2.50. The minimum Gasteiger partial charge on any atom is -0.480 e. The lowest BCUT2D eigenvalue weighted by Crippen LogP contribution is -2.46. The number of benzene rings is 1. The number of hydrogen-bond donors (Lipinski definition) is 1. The lowest BCUT2D eigenvalue weighted by atomic mass is 9.85. The van der Waals surface area contributed by atoms with Crippen molar-refractivity contribution in [3.63, 3.8) is 0 Å². The van der Waals surface area contributed by atoms with E-state index in [1.165, 1.54) is 4.31 Å². The second-order valence-corrected chi connectivity index (χ2v) is 8.73. The van der Waals surface area contributed by atoms with Crippen LogP contribution < -0.4 is 0 Å². The van der Waals surface area contributed by atoms with Gasteiger partial charge in [0.2, 0.25) is 10.0 Å². The molecule has 1 saturated heterocycles. The molecule has 3 unspecified atom stereocenters. The van der Waals surface area contributed by atoms with Crippen LogP contribution in [0, 0.1) is 5.92 Å². The number of nitrogens with zero attached hydrogens (tertiary/aromatic N) is 1. The van der Waals surface area contributed by atoms with Crippen molar-refractivity contribution in [1.29, 1.82) is 0 Å². The second kappa shape index (κ2) is 6.42. The molecule has 1 heterocycles. The predicted octanol–water partition coefficient (Wildman–Crippen LogP) is 2.89. The second-order valence-electron chi connectivity index (χ2n) is 6.42. The lowest BCUT2D eigenvalue weighted by Gasteiger charge is -2.32. The molecule has 2 aliphatic rings. The Kier molecular flexibility index (Phi) is 4.67. The van der Waals surface area contributed by atoms with Crippen LogP contribution in [0.2, 0.25) is 5.02 Å². The van der Waals surface area contributed by atoms with Gasteiger partial charge in [0.25, 0.3) is 0 Å². The van der Waals surface area contributed by atoms with Crippen molar-refractivity contribution in [2.75, 3.05) is 0 Å². The van der Waals surface area contributed by atoms with Crippen molar-refractivity contribution in [2.24, 2.45) is 5.92 Å². The van der Waals surface area contributed by atoms with Gasteiger partial charge in [0.05, 0.1) is 5.75 Å². The van der Waals surface area contributed by atoms with Crippen LogP contribution in [0.5, 0.6) is 0 Å². The first-order valence-corrected chi connectivity index (χ1v) is 9.85. The number of hydrogen-bond acceptors (Lipinski definition) is 3. The molecule has 0 radical (unpaired) electrons. The lowest BCUT2D eigenvalue weighted by molar-refractivity contribution is -0.141. The fourth-order valence-electron chi connectivity index (χ4n) is 3.94. The van der Waals surface area contributed by atoms with Gasteiger partial charge in [0.15, 0.2) is 0 Å². The molecule has 5 nitrogen and oxygen atoms in total. The van der Waals surface area contributed by atoms with Gasteiger partial charge in [0.1, 0.15) is 6.04 Å². The Labute approximate surface area is 141 Å². The maximum Gasteiger partial charge on any atom is 0.322 e. The standard InChI is InChI=1S/C16H20ClNO4S/c17-13-6-3-4-11(8-13)10-23(21,22)18-14-7-2-1-5-12(14)9-15(18)16(19)20/h3-4,6,8,12,14-15H,1-2,5,7,9-10H2,(H,19,20). The number of halogens is 1. The summed E-state index contributed by atoms with van der Waals surface area (Å²) in [5.41, 5.74) is 0.584. The van der Waals surface area contributed by atoms with E-state index in [9.17, 15) is 18.3 Å². The SMILES string of the molecule is O=C(O)C1CC2CCCCC2N1S(=O)(=O)Cc1cccc(Cl)c1. The molecule has 1 aromatic rings. The van der Waals surface area contributed by atoms with Crippen LogP contribution in [0.4, 0.5) is 0 Å². The van der Waals surface area contributed by atoms with E-state index in [0.29, 0.717) is 17.0 Å². The molecule has 0 aromatic heterocycles. The molecular formula is C16H20ClNO4S. The molecule has 0 spiro atoms. The summed E-state index contributed by atoms with van der Waals surface area (Å²) in [6, 6.07) is 5.60. The van der Waals surface area contributed by atoms with E-state index in [1.54, 1.807) is 24.3 Å². The number of sulfonamides is 1. The fraction of sp³-hybridized carbons (Fsp3) is 0.562. The first-order chi connectivity index (χ1) is 10.9. The summed E-state index contributed by atoms with van der Waals surface area (Å²) in [6.07, 6.45) is 4.10. The summed E-state index contributed by atoms with van der Waals surface area (Å²) in [7, 11) is -3.70. The molecule has 1 aromatic carbocycles. The third-order valence-corrected chi connectivity index (χ3v) is 6.97. The Morgan fingerprint density at radius 3 is 2.74 bits per heavy atom. The zero-order valence-corrected chi connectivity index (χ0v) is 14.3. The van der Waals surface area contributed by atoms with Crippen LogP contribution in [-0.2, 0) is 20.6 Å². The van der Waals surface area contributed by atoms with Crippen molar-refractivity contribution in [3.8, 4) is 0 Å². The highest BCUT2D eigenvalue weighted by atomic mass is 35.5. The first-order valence-electron chi connectivity index (χ1n) is 7.87. The van der Waals surface area contributed by atoms with E-state index < -0.39 is 22.0 Å². The Bertz CT molecular complexity index is 706. The molecule has 0 bridgehead atoms. The van der Waals surface area contributed by atoms with E-state index >= 15 is 0 Å². The van der Waals surface area contributed by atoms with Crippen molar-refractivity contribution in [3.05, 3.63) is 34.9 Å². The number of carboxylic acid groups (broad SMARTS) is 1. The summed E-state index contributed by atoms with van der Waals surface area (Å²) in [6.45, 7) is 0. The Morgan fingerprint density at radius 2 is 2.04 bits per heavy atom. The van der Waals surface area contributed by atoms with E-state index in [1.807, 2.05) is 0 Å². The van der Waals surface area contributed by atoms with Gasteiger partial charge in [0, 0.05) is 11.1 Å². The summed E-state index contributed by atoms with van der Waals surface area (Å²) < 4.78 is 27.1. The van der Waals surface area contributed by atoms with Gasteiger partial charge < -0.3 is 5.11 Å². The van der Waals surface area contributed by atoms with Crippen LogP contribution in [0.3, 0.4) is 0 Å². The van der Waals surface area contributed by atoms with Gasteiger partial charge in [-0.25, -0.2) is 8.42 Å². The highest BCUT2D eigenvalue weighted by molar-refractivity contribution is 7.88. The van der Waals surface area contributed by atoms with E-state index in [4.69, 9.17) is 11.6 Å². The number of carboxylic acids is 1. The van der Waals surface area contributed by atoms with Crippen molar-refractivity contribution >= 4 is 27.6 Å². The third kappa shape index (κ3) is 3.39. The van der Waals surface area contributed by atoms with Gasteiger partial charge in [-0.1, -0.05) is 36.6 Å². The van der Waals surface area contributed by atoms with Gasteiger partial charge >= 0.3 is 5.97 Å². The largest absolute Gasteiger partial charge is 0.480 e. The quantitative estimate of drug-likeness (QED) is 0.899. The molecule has 0 amide bonds. The molecule has 1 saturated carbocycles. The average molecular weight is 358 g/mol. The molecule has 3 rings (SSSR count). The average Bonchev–Trinajstić information content (AvgIpc) is 2.87. The summed E-state index contributed by atoms with van der Waals surface area (Å²) >= 11 is 5.92. The van der Waals surface area contributed by atoms with Crippen molar-refractivity contribution in [1.82, 2.24) is 4.31 Å². The van der Waals surface area contributed by atoms with Crippen LogP contribution in [0.25, 0.3) is 0 Å². The fourth-order valence-corrected chi connectivity index (χ4v) is 6.16. The van der Waals surface area contributed by atoms with Gasteiger partial charge in [-0.3, -0.25) is 4.79 Å². The summed E-state index contributed by atoms with van der Waals surface area (Å²) in [5, 5.41) is 9.95. The normalized spacial score (nSPS) is 28.5. The van der Waals surface area contributed by atoms with E-state index in [0.717, 1.165) is 25.7 Å². The van der Waals surface area contributed by atoms with Crippen LogP contribution in [0.15, 0.2) is 24.3 Å². The highest BCUT2D eigenvalue weighted by Crippen LogP contribution is 2.42. The Hall–Kier alpha value is -1.11. The molecule has 2 fully saturated rings. The zero-order valence-electron chi connectivity index (χ0n) is 12.7. The van der Waals surface area contributed by atoms with Gasteiger partial charge in [-0.2, -0.15) is 4.31 Å².